The van der Waals surface area contributed by atoms with Gasteiger partial charge in [-0.25, -0.2) is 4.39 Å². The van der Waals surface area contributed by atoms with Crippen molar-refractivity contribution in [2.75, 3.05) is 26.9 Å². The molecule has 0 fully saturated rings. The Morgan fingerprint density at radius 3 is 2.95 bits per heavy atom. The lowest BCUT2D eigenvalue weighted by Gasteiger charge is -2.16. The van der Waals surface area contributed by atoms with Crippen molar-refractivity contribution in [1.82, 2.24) is 5.32 Å². The summed E-state index contributed by atoms with van der Waals surface area (Å²) in [4.78, 5) is 11.6. The predicted molar refractivity (Wildman–Crippen MR) is 67.4 cm³/mol. The largest absolute Gasteiger partial charge is 0.484 e. The van der Waals surface area contributed by atoms with Gasteiger partial charge in [-0.1, -0.05) is 6.07 Å². The third kappa shape index (κ3) is 6.17. The Morgan fingerprint density at radius 1 is 1.53 bits per heavy atom. The van der Waals surface area contributed by atoms with Crippen LogP contribution < -0.4 is 10.1 Å². The van der Waals surface area contributed by atoms with Crippen LogP contribution in [-0.4, -0.2) is 44.0 Å². The molecular weight excluding hydrogens is 253 g/mol. The number of amides is 1. The maximum Gasteiger partial charge on any atom is 0.258 e. The van der Waals surface area contributed by atoms with Crippen LogP contribution in [0.15, 0.2) is 24.3 Å². The number of ether oxygens (including phenoxy) is 2. The van der Waals surface area contributed by atoms with E-state index in [0.29, 0.717) is 18.8 Å². The summed E-state index contributed by atoms with van der Waals surface area (Å²) < 4.78 is 22.9. The maximum absolute atomic E-state index is 12.9. The van der Waals surface area contributed by atoms with Crippen molar-refractivity contribution in [3.05, 3.63) is 30.1 Å². The highest BCUT2D eigenvalue weighted by Gasteiger charge is 2.12. The van der Waals surface area contributed by atoms with Crippen LogP contribution in [-0.2, 0) is 9.53 Å². The first-order valence-electron chi connectivity index (χ1n) is 5.93. The second kappa shape index (κ2) is 8.44. The van der Waals surface area contributed by atoms with Gasteiger partial charge in [-0.15, -0.1) is 0 Å². The molecule has 5 nitrogen and oxygen atoms in total. The number of aliphatic hydroxyl groups is 1. The summed E-state index contributed by atoms with van der Waals surface area (Å²) in [5.41, 5.74) is 0. The Labute approximate surface area is 111 Å². The van der Waals surface area contributed by atoms with Crippen LogP contribution in [0.4, 0.5) is 4.39 Å². The number of hydrogen-bond acceptors (Lipinski definition) is 4. The van der Waals surface area contributed by atoms with Crippen LogP contribution in [0, 0.1) is 5.82 Å². The third-order valence-electron chi connectivity index (χ3n) is 2.38. The molecule has 2 N–H and O–H groups in total. The van der Waals surface area contributed by atoms with Crippen LogP contribution in [0.25, 0.3) is 0 Å². The van der Waals surface area contributed by atoms with E-state index >= 15 is 0 Å². The Bertz CT molecular complexity index is 394. The zero-order chi connectivity index (χ0) is 14.1. The highest BCUT2D eigenvalue weighted by atomic mass is 19.1. The smallest absolute Gasteiger partial charge is 0.258 e. The Hall–Kier alpha value is -1.66. The number of carbonyl (C=O) groups excluding carboxylic acids is 1. The molecule has 0 saturated carbocycles. The van der Waals surface area contributed by atoms with Gasteiger partial charge in [0.2, 0.25) is 0 Å². The lowest BCUT2D eigenvalue weighted by molar-refractivity contribution is -0.124. The number of rotatable bonds is 8. The number of hydrogen-bond donors (Lipinski definition) is 2. The summed E-state index contributed by atoms with van der Waals surface area (Å²) in [7, 11) is 1.51. The molecule has 6 heteroatoms. The van der Waals surface area contributed by atoms with Gasteiger partial charge in [0.15, 0.2) is 6.61 Å². The molecule has 0 aliphatic rings. The van der Waals surface area contributed by atoms with Gasteiger partial charge in [0, 0.05) is 19.8 Å². The average Bonchev–Trinajstić information content (AvgIpc) is 2.37. The number of halogens is 1. The van der Waals surface area contributed by atoms with Gasteiger partial charge in [-0.3, -0.25) is 4.79 Å². The Morgan fingerprint density at radius 2 is 2.32 bits per heavy atom. The zero-order valence-electron chi connectivity index (χ0n) is 10.8. The highest BCUT2D eigenvalue weighted by Crippen LogP contribution is 2.11. The maximum atomic E-state index is 12.9. The lowest BCUT2D eigenvalue weighted by atomic mass is 10.2. The summed E-state index contributed by atoms with van der Waals surface area (Å²) in [5, 5.41) is 11.5. The number of aliphatic hydroxyl groups excluding tert-OH is 1. The quantitative estimate of drug-likeness (QED) is 0.731. The van der Waals surface area contributed by atoms with Crippen LogP contribution in [0.1, 0.15) is 6.42 Å². The van der Waals surface area contributed by atoms with E-state index in [2.05, 4.69) is 5.32 Å². The van der Waals surface area contributed by atoms with E-state index in [1.807, 2.05) is 0 Å². The second-order valence-electron chi connectivity index (χ2n) is 3.98. The molecule has 0 aliphatic heterocycles. The number of benzene rings is 1. The molecule has 0 spiro atoms. The molecule has 0 heterocycles. The summed E-state index contributed by atoms with van der Waals surface area (Å²) >= 11 is 0. The number of nitrogens with one attached hydrogen (secondary N) is 1. The van der Waals surface area contributed by atoms with Gasteiger partial charge in [0.25, 0.3) is 5.91 Å². The Balaban J connectivity index is 2.37. The number of carbonyl (C=O) groups is 1. The van der Waals surface area contributed by atoms with Crippen LogP contribution in [0.2, 0.25) is 0 Å². The van der Waals surface area contributed by atoms with Gasteiger partial charge in [-0.2, -0.15) is 0 Å². The summed E-state index contributed by atoms with van der Waals surface area (Å²) in [5.74, 6) is -0.476. The fourth-order valence-corrected chi connectivity index (χ4v) is 1.53. The molecule has 1 atom stereocenters. The summed E-state index contributed by atoms with van der Waals surface area (Å²) in [6.45, 7) is 0.0560. The highest BCUT2D eigenvalue weighted by molar-refractivity contribution is 5.77. The van der Waals surface area contributed by atoms with Crippen LogP contribution in [0.5, 0.6) is 5.75 Å². The van der Waals surface area contributed by atoms with Gasteiger partial charge in [0.1, 0.15) is 11.6 Å². The van der Waals surface area contributed by atoms with Gasteiger partial charge < -0.3 is 19.9 Å². The van der Waals surface area contributed by atoms with Gasteiger partial charge >= 0.3 is 0 Å². The first-order chi connectivity index (χ1) is 9.15. The molecule has 0 radical (unpaired) electrons. The van der Waals surface area contributed by atoms with Crippen LogP contribution in [0.3, 0.4) is 0 Å². The van der Waals surface area contributed by atoms with E-state index in [4.69, 9.17) is 14.6 Å². The van der Waals surface area contributed by atoms with Crippen molar-refractivity contribution in [2.24, 2.45) is 0 Å². The van der Waals surface area contributed by atoms with Crippen molar-refractivity contribution in [2.45, 2.75) is 12.5 Å². The first kappa shape index (κ1) is 15.4. The standard InChI is InChI=1S/C13H18FNO4/c1-18-8-11(5-6-16)15-13(17)9-19-12-4-2-3-10(14)7-12/h2-4,7,11,16H,5-6,8-9H2,1H3,(H,15,17). The number of methoxy groups -OCH3 is 1. The zero-order valence-corrected chi connectivity index (χ0v) is 10.8. The SMILES string of the molecule is COCC(CCO)NC(=O)COc1cccc(F)c1. The summed E-state index contributed by atoms with van der Waals surface area (Å²) in [6.07, 6.45) is 0.402. The molecule has 1 amide bonds. The monoisotopic (exact) mass is 271 g/mol. The topological polar surface area (TPSA) is 67.8 Å². The molecule has 1 unspecified atom stereocenters. The van der Waals surface area contributed by atoms with E-state index in [-0.39, 0.29) is 25.2 Å². The minimum atomic E-state index is -0.421. The molecular formula is C13H18FNO4. The minimum absolute atomic E-state index is 0.0426. The third-order valence-corrected chi connectivity index (χ3v) is 2.38. The van der Waals surface area contributed by atoms with Crippen molar-refractivity contribution < 1.29 is 23.8 Å². The van der Waals surface area contributed by atoms with Crippen LogP contribution >= 0.6 is 0 Å². The molecule has 1 aromatic carbocycles. The van der Waals surface area contributed by atoms with Crippen molar-refractivity contribution in [3.8, 4) is 5.75 Å². The molecule has 1 rings (SSSR count). The van der Waals surface area contributed by atoms with E-state index < -0.39 is 5.82 Å². The fraction of sp³-hybridized carbons (Fsp3) is 0.462. The van der Waals surface area contributed by atoms with Crippen molar-refractivity contribution in [3.63, 3.8) is 0 Å². The fourth-order valence-electron chi connectivity index (χ4n) is 1.53. The lowest BCUT2D eigenvalue weighted by Crippen LogP contribution is -2.41. The van der Waals surface area contributed by atoms with E-state index in [1.165, 1.54) is 25.3 Å². The molecule has 0 aliphatic carbocycles. The van der Waals surface area contributed by atoms with Crippen molar-refractivity contribution >= 4 is 5.91 Å². The Kier molecular flexibility index (Phi) is 6.84. The molecule has 106 valence electrons. The van der Waals surface area contributed by atoms with Crippen molar-refractivity contribution in [1.29, 1.82) is 0 Å². The van der Waals surface area contributed by atoms with Gasteiger partial charge in [-0.05, 0) is 18.6 Å². The average molecular weight is 271 g/mol. The molecule has 19 heavy (non-hydrogen) atoms. The van der Waals surface area contributed by atoms with E-state index in [1.54, 1.807) is 6.07 Å². The van der Waals surface area contributed by atoms with Gasteiger partial charge in [0.05, 0.1) is 12.6 Å². The van der Waals surface area contributed by atoms with E-state index in [0.717, 1.165) is 0 Å². The summed E-state index contributed by atoms with van der Waals surface area (Å²) in [6, 6.07) is 5.30. The van der Waals surface area contributed by atoms with E-state index in [9.17, 15) is 9.18 Å². The molecule has 0 saturated heterocycles. The first-order valence-corrected chi connectivity index (χ1v) is 5.93. The molecule has 1 aromatic rings. The minimum Gasteiger partial charge on any atom is -0.484 e. The molecule has 0 bridgehead atoms. The normalized spacial score (nSPS) is 11.9. The predicted octanol–water partition coefficient (Wildman–Crippen LogP) is 0.718. The second-order valence-corrected chi connectivity index (χ2v) is 3.98. The molecule has 0 aromatic heterocycles.